The van der Waals surface area contributed by atoms with E-state index in [9.17, 15) is 10.2 Å². The van der Waals surface area contributed by atoms with E-state index in [1.165, 1.54) is 0 Å². The molecule has 0 saturated carbocycles. The molecule has 41 heavy (non-hydrogen) atoms. The van der Waals surface area contributed by atoms with Crippen LogP contribution in [0.3, 0.4) is 0 Å². The van der Waals surface area contributed by atoms with Gasteiger partial charge in [0.25, 0.3) is 0 Å². The average Bonchev–Trinajstić information content (AvgIpc) is 2.94. The van der Waals surface area contributed by atoms with Gasteiger partial charge in [0.2, 0.25) is 0 Å². The Morgan fingerprint density at radius 1 is 0.707 bits per heavy atom. The summed E-state index contributed by atoms with van der Waals surface area (Å²) in [6.45, 7) is 21.2. The van der Waals surface area contributed by atoms with Crippen molar-refractivity contribution in [2.75, 3.05) is 20.3 Å². The lowest BCUT2D eigenvalue weighted by Crippen LogP contribution is -2.51. The topological polar surface area (TPSA) is 77.4 Å². The molecule has 2 aromatic carbocycles. The highest BCUT2D eigenvalue weighted by atomic mass is 28.4. The minimum Gasteiger partial charge on any atom is -0.497 e. The van der Waals surface area contributed by atoms with E-state index in [0.29, 0.717) is 26.4 Å². The molecule has 2 N–H and O–H groups in total. The van der Waals surface area contributed by atoms with Gasteiger partial charge in [0.15, 0.2) is 8.32 Å². The number of methoxy groups -OCH3 is 1. The largest absolute Gasteiger partial charge is 0.497 e. The molecule has 7 atom stereocenters. The highest BCUT2D eigenvalue weighted by Gasteiger charge is 2.44. The van der Waals surface area contributed by atoms with Crippen molar-refractivity contribution in [1.29, 1.82) is 0 Å². The van der Waals surface area contributed by atoms with Crippen LogP contribution in [0, 0.1) is 23.7 Å². The lowest BCUT2D eigenvalue weighted by atomic mass is 9.80. The molecule has 0 heterocycles. The van der Waals surface area contributed by atoms with Crippen molar-refractivity contribution in [2.45, 2.75) is 98.1 Å². The standard InChI is InChI=1S/C34H56O6Si/c1-24(20-38-22-28-14-12-11-13-15-28)31(35)26(3)32(36)27(4)33(40-41(9,10)34(5,6)7)25(2)21-39-23-29-16-18-30(37-8)19-17-29/h11-19,24-27,31-33,35-36H,20-23H2,1-10H3/t24-,25+,26+,27+,31-,32+,33+/m0/s1. The summed E-state index contributed by atoms with van der Waals surface area (Å²) in [5, 5.41) is 22.8. The van der Waals surface area contributed by atoms with Crippen molar-refractivity contribution in [3.63, 3.8) is 0 Å². The molecule has 0 fully saturated rings. The van der Waals surface area contributed by atoms with E-state index in [4.69, 9.17) is 18.6 Å². The number of aliphatic hydroxyl groups is 2. The number of hydrogen-bond acceptors (Lipinski definition) is 6. The van der Waals surface area contributed by atoms with Gasteiger partial charge in [-0.05, 0) is 41.4 Å². The number of benzene rings is 2. The van der Waals surface area contributed by atoms with Gasteiger partial charge < -0.3 is 28.8 Å². The van der Waals surface area contributed by atoms with Gasteiger partial charge in [-0.25, -0.2) is 0 Å². The van der Waals surface area contributed by atoms with E-state index < -0.39 is 20.5 Å². The van der Waals surface area contributed by atoms with Gasteiger partial charge in [-0.1, -0.05) is 90.9 Å². The fourth-order valence-electron chi connectivity index (χ4n) is 4.87. The summed E-state index contributed by atoms with van der Waals surface area (Å²) in [6.07, 6.45) is -1.68. The van der Waals surface area contributed by atoms with Crippen molar-refractivity contribution >= 4 is 8.32 Å². The highest BCUT2D eigenvalue weighted by Crippen LogP contribution is 2.40. The molecule has 0 bridgehead atoms. The summed E-state index contributed by atoms with van der Waals surface area (Å²) < 4.78 is 24.2. The quantitative estimate of drug-likeness (QED) is 0.192. The van der Waals surface area contributed by atoms with Gasteiger partial charge in [0.1, 0.15) is 5.75 Å². The molecule has 0 saturated heterocycles. The summed E-state index contributed by atoms with van der Waals surface area (Å²) in [7, 11) is -0.491. The molecule has 0 radical (unpaired) electrons. The number of rotatable bonds is 17. The maximum atomic E-state index is 11.6. The normalized spacial score (nSPS) is 17.8. The van der Waals surface area contributed by atoms with Crippen molar-refractivity contribution in [3.05, 3.63) is 65.7 Å². The van der Waals surface area contributed by atoms with Gasteiger partial charge in [0.05, 0.1) is 51.8 Å². The number of aliphatic hydroxyl groups excluding tert-OH is 2. The molecule has 0 amide bonds. The van der Waals surface area contributed by atoms with Crippen LogP contribution in [0.15, 0.2) is 54.6 Å². The summed E-state index contributed by atoms with van der Waals surface area (Å²) in [4.78, 5) is 0. The van der Waals surface area contributed by atoms with Crippen molar-refractivity contribution in [1.82, 2.24) is 0 Å². The van der Waals surface area contributed by atoms with E-state index in [-0.39, 0.29) is 34.8 Å². The minimum atomic E-state index is -2.15. The maximum absolute atomic E-state index is 11.6. The zero-order valence-corrected chi connectivity index (χ0v) is 28.1. The second kappa shape index (κ2) is 16.2. The smallest absolute Gasteiger partial charge is 0.192 e. The van der Waals surface area contributed by atoms with Gasteiger partial charge in [0, 0.05) is 23.7 Å². The van der Waals surface area contributed by atoms with E-state index in [1.54, 1.807) is 7.11 Å². The monoisotopic (exact) mass is 588 g/mol. The molecule has 0 aliphatic heterocycles. The fraction of sp³-hybridized carbons (Fsp3) is 0.647. The predicted octanol–water partition coefficient (Wildman–Crippen LogP) is 7.09. The maximum Gasteiger partial charge on any atom is 0.192 e. The van der Waals surface area contributed by atoms with Crippen LogP contribution in [0.25, 0.3) is 0 Å². The Bertz CT molecular complexity index is 991. The van der Waals surface area contributed by atoms with Crippen LogP contribution in [0.5, 0.6) is 5.75 Å². The van der Waals surface area contributed by atoms with E-state index in [1.807, 2.05) is 75.4 Å². The zero-order chi connectivity index (χ0) is 30.8. The Kier molecular flexibility index (Phi) is 14.0. The summed E-state index contributed by atoms with van der Waals surface area (Å²) in [6, 6.07) is 17.9. The number of ether oxygens (including phenoxy) is 3. The lowest BCUT2D eigenvalue weighted by molar-refractivity contribution is -0.0818. The van der Waals surface area contributed by atoms with Gasteiger partial charge >= 0.3 is 0 Å². The van der Waals surface area contributed by atoms with Crippen LogP contribution in [-0.4, -0.2) is 57.2 Å². The third-order valence-corrected chi connectivity index (χ3v) is 13.3. The third kappa shape index (κ3) is 10.8. The summed E-state index contributed by atoms with van der Waals surface area (Å²) in [5.41, 5.74) is 2.18. The van der Waals surface area contributed by atoms with Crippen LogP contribution < -0.4 is 4.74 Å². The first-order chi connectivity index (χ1) is 19.2. The van der Waals surface area contributed by atoms with Crippen LogP contribution in [0.1, 0.15) is 59.6 Å². The van der Waals surface area contributed by atoms with E-state index in [0.717, 1.165) is 16.9 Å². The second-order valence-corrected chi connectivity index (χ2v) is 18.1. The molecule has 2 aromatic rings. The molecule has 0 aromatic heterocycles. The van der Waals surface area contributed by atoms with Crippen molar-refractivity contribution in [3.8, 4) is 5.75 Å². The molecule has 232 valence electrons. The molecular weight excluding hydrogens is 532 g/mol. The van der Waals surface area contributed by atoms with E-state index >= 15 is 0 Å². The van der Waals surface area contributed by atoms with Crippen LogP contribution >= 0.6 is 0 Å². The summed E-state index contributed by atoms with van der Waals surface area (Å²) >= 11 is 0. The Balaban J connectivity index is 2.06. The third-order valence-electron chi connectivity index (χ3n) is 8.82. The Morgan fingerprint density at radius 2 is 1.22 bits per heavy atom. The summed E-state index contributed by atoms with van der Waals surface area (Å²) in [5.74, 6) is 0.189. The zero-order valence-electron chi connectivity index (χ0n) is 27.1. The molecule has 0 unspecified atom stereocenters. The van der Waals surface area contributed by atoms with Gasteiger partial charge in [-0.2, -0.15) is 0 Å². The molecule has 2 rings (SSSR count). The van der Waals surface area contributed by atoms with Crippen molar-refractivity contribution in [2.24, 2.45) is 23.7 Å². The van der Waals surface area contributed by atoms with Gasteiger partial charge in [-0.15, -0.1) is 0 Å². The number of hydrogen-bond donors (Lipinski definition) is 2. The highest BCUT2D eigenvalue weighted by molar-refractivity contribution is 6.74. The fourth-order valence-corrected chi connectivity index (χ4v) is 6.35. The average molecular weight is 589 g/mol. The molecule has 0 aliphatic rings. The molecule has 0 spiro atoms. The molecule has 7 heteroatoms. The Hall–Kier alpha value is -1.74. The van der Waals surface area contributed by atoms with Crippen LogP contribution in [-0.2, 0) is 27.1 Å². The first-order valence-electron chi connectivity index (χ1n) is 15.0. The van der Waals surface area contributed by atoms with Crippen LogP contribution in [0.4, 0.5) is 0 Å². The molecule has 6 nitrogen and oxygen atoms in total. The first-order valence-corrected chi connectivity index (χ1v) is 17.9. The minimum absolute atomic E-state index is 0.0231. The predicted molar refractivity (Wildman–Crippen MR) is 169 cm³/mol. The second-order valence-electron chi connectivity index (χ2n) is 13.4. The first kappa shape index (κ1) is 35.5. The lowest BCUT2D eigenvalue weighted by Gasteiger charge is -2.44. The SMILES string of the molecule is COc1ccc(COC[C@@H](C)[C@@H](O[Si](C)(C)C(C)(C)C)[C@H](C)[C@H](O)[C@H](C)[C@@H](O)[C@@H](C)COCc2ccccc2)cc1. The Labute approximate surface area is 250 Å². The Morgan fingerprint density at radius 3 is 1.73 bits per heavy atom. The van der Waals surface area contributed by atoms with E-state index in [2.05, 4.69) is 40.8 Å². The van der Waals surface area contributed by atoms with Crippen molar-refractivity contribution < 1.29 is 28.8 Å². The van der Waals surface area contributed by atoms with Crippen LogP contribution in [0.2, 0.25) is 18.1 Å². The van der Waals surface area contributed by atoms with Gasteiger partial charge in [-0.3, -0.25) is 0 Å². The molecule has 0 aliphatic carbocycles. The molecular formula is C34H56O6Si.